The molecule has 1 atom stereocenters. The minimum absolute atomic E-state index is 0.0117. The first kappa shape index (κ1) is 13.3. The predicted molar refractivity (Wildman–Crippen MR) is 69.0 cm³/mol. The van der Waals surface area contributed by atoms with Crippen molar-refractivity contribution in [3.8, 4) is 0 Å². The van der Waals surface area contributed by atoms with Gasteiger partial charge in [-0.2, -0.15) is 0 Å². The summed E-state index contributed by atoms with van der Waals surface area (Å²) in [6.07, 6.45) is 6.37. The first-order chi connectivity index (χ1) is 8.15. The largest absolute Gasteiger partial charge is 0.396 e. The Bertz CT molecular complexity index is 230. The number of hydrogen-bond donors (Lipinski definition) is 1. The molecule has 100 valence electrons. The summed E-state index contributed by atoms with van der Waals surface area (Å²) < 4.78 is 5.47. The van der Waals surface area contributed by atoms with Gasteiger partial charge in [0.1, 0.15) is 0 Å². The van der Waals surface area contributed by atoms with Gasteiger partial charge in [-0.05, 0) is 45.1 Å². The molecule has 0 aromatic rings. The molecule has 0 amide bonds. The summed E-state index contributed by atoms with van der Waals surface area (Å²) in [5.41, 5.74) is 0.0117. The van der Waals surface area contributed by atoms with E-state index in [9.17, 15) is 5.11 Å². The van der Waals surface area contributed by atoms with Crippen LogP contribution in [0.3, 0.4) is 0 Å². The van der Waals surface area contributed by atoms with Gasteiger partial charge in [-0.25, -0.2) is 0 Å². The Morgan fingerprint density at radius 1 is 1.29 bits per heavy atom. The number of aliphatic hydroxyl groups excluding tert-OH is 1. The Balaban J connectivity index is 1.85. The fourth-order valence-corrected chi connectivity index (χ4v) is 3.29. The van der Waals surface area contributed by atoms with Gasteiger partial charge in [-0.15, -0.1) is 0 Å². The molecule has 0 aromatic carbocycles. The minimum atomic E-state index is 0.0117. The lowest BCUT2D eigenvalue weighted by Gasteiger charge is -2.38. The predicted octanol–water partition coefficient (Wildman–Crippen LogP) is 1.90. The molecule has 3 heteroatoms. The van der Waals surface area contributed by atoms with E-state index in [2.05, 4.69) is 18.9 Å². The second-order valence-electron chi connectivity index (χ2n) is 6.29. The van der Waals surface area contributed by atoms with Crippen LogP contribution in [0.15, 0.2) is 0 Å². The normalized spacial score (nSPS) is 38.8. The van der Waals surface area contributed by atoms with Crippen molar-refractivity contribution in [3.05, 3.63) is 0 Å². The number of ether oxygens (including phenoxy) is 1. The van der Waals surface area contributed by atoms with E-state index in [1.807, 2.05) is 0 Å². The molecular formula is C14H27NO2. The van der Waals surface area contributed by atoms with Gasteiger partial charge in [-0.3, -0.25) is 0 Å². The molecule has 1 N–H and O–H groups in total. The van der Waals surface area contributed by atoms with Gasteiger partial charge in [0.25, 0.3) is 0 Å². The summed E-state index contributed by atoms with van der Waals surface area (Å²) in [6.45, 7) is 5.16. The van der Waals surface area contributed by atoms with Crippen LogP contribution in [0.2, 0.25) is 0 Å². The molecule has 2 fully saturated rings. The van der Waals surface area contributed by atoms with E-state index >= 15 is 0 Å². The minimum Gasteiger partial charge on any atom is -0.396 e. The first-order valence-corrected chi connectivity index (χ1v) is 7.04. The molecule has 0 aromatic heterocycles. The van der Waals surface area contributed by atoms with Crippen LogP contribution in [-0.2, 0) is 4.74 Å². The zero-order valence-electron chi connectivity index (χ0n) is 11.3. The van der Waals surface area contributed by atoms with Crippen molar-refractivity contribution in [2.75, 3.05) is 33.4 Å². The van der Waals surface area contributed by atoms with E-state index in [-0.39, 0.29) is 12.0 Å². The van der Waals surface area contributed by atoms with E-state index in [1.54, 1.807) is 0 Å². The zero-order valence-corrected chi connectivity index (χ0v) is 11.3. The summed E-state index contributed by atoms with van der Waals surface area (Å²) in [6, 6.07) is 0.718. The number of rotatable bonds is 4. The van der Waals surface area contributed by atoms with E-state index < -0.39 is 0 Å². The molecule has 1 heterocycles. The fourth-order valence-electron chi connectivity index (χ4n) is 3.29. The van der Waals surface area contributed by atoms with E-state index in [1.165, 1.54) is 25.7 Å². The Kier molecular flexibility index (Phi) is 4.45. The molecule has 0 radical (unpaired) electrons. The molecule has 1 saturated carbocycles. The SMILES string of the molecule is CC1CCC(N(C)CC2(CO)CCOC2)CC1. The molecule has 2 aliphatic rings. The maximum absolute atomic E-state index is 9.60. The number of nitrogens with zero attached hydrogens (tertiary/aromatic N) is 1. The Hall–Kier alpha value is -0.120. The van der Waals surface area contributed by atoms with Crippen LogP contribution >= 0.6 is 0 Å². The van der Waals surface area contributed by atoms with Gasteiger partial charge in [0.05, 0.1) is 13.2 Å². The van der Waals surface area contributed by atoms with Crippen molar-refractivity contribution in [1.29, 1.82) is 0 Å². The summed E-state index contributed by atoms with van der Waals surface area (Å²) >= 11 is 0. The number of aliphatic hydroxyl groups is 1. The molecule has 17 heavy (non-hydrogen) atoms. The quantitative estimate of drug-likeness (QED) is 0.816. The molecule has 1 aliphatic carbocycles. The van der Waals surface area contributed by atoms with Crippen LogP contribution < -0.4 is 0 Å². The van der Waals surface area contributed by atoms with Gasteiger partial charge < -0.3 is 14.7 Å². The van der Waals surface area contributed by atoms with Crippen molar-refractivity contribution in [3.63, 3.8) is 0 Å². The van der Waals surface area contributed by atoms with E-state index in [0.717, 1.165) is 38.1 Å². The molecule has 1 unspecified atom stereocenters. The highest BCUT2D eigenvalue weighted by Crippen LogP contribution is 2.32. The topological polar surface area (TPSA) is 32.7 Å². The van der Waals surface area contributed by atoms with Crippen molar-refractivity contribution in [2.24, 2.45) is 11.3 Å². The van der Waals surface area contributed by atoms with Crippen molar-refractivity contribution < 1.29 is 9.84 Å². The van der Waals surface area contributed by atoms with Crippen LogP contribution in [-0.4, -0.2) is 49.5 Å². The average molecular weight is 241 g/mol. The van der Waals surface area contributed by atoms with Gasteiger partial charge >= 0.3 is 0 Å². The second-order valence-corrected chi connectivity index (χ2v) is 6.29. The van der Waals surface area contributed by atoms with E-state index in [0.29, 0.717) is 0 Å². The highest BCUT2D eigenvalue weighted by atomic mass is 16.5. The molecule has 3 nitrogen and oxygen atoms in total. The van der Waals surface area contributed by atoms with E-state index in [4.69, 9.17) is 4.74 Å². The fraction of sp³-hybridized carbons (Fsp3) is 1.00. The second kappa shape index (κ2) is 5.68. The lowest BCUT2D eigenvalue weighted by atomic mass is 9.84. The van der Waals surface area contributed by atoms with Crippen LogP contribution in [0, 0.1) is 11.3 Å². The van der Waals surface area contributed by atoms with Crippen molar-refractivity contribution in [1.82, 2.24) is 4.90 Å². The molecule has 1 saturated heterocycles. The maximum Gasteiger partial charge on any atom is 0.0557 e. The van der Waals surface area contributed by atoms with Crippen LogP contribution in [0.1, 0.15) is 39.0 Å². The van der Waals surface area contributed by atoms with Gasteiger partial charge in [0, 0.05) is 24.6 Å². The molecular weight excluding hydrogens is 214 g/mol. The van der Waals surface area contributed by atoms with Crippen molar-refractivity contribution in [2.45, 2.75) is 45.1 Å². The Labute approximate surface area is 105 Å². The first-order valence-electron chi connectivity index (χ1n) is 7.04. The summed E-state index contributed by atoms with van der Waals surface area (Å²) in [5, 5.41) is 9.60. The Morgan fingerprint density at radius 3 is 2.53 bits per heavy atom. The number of hydrogen-bond acceptors (Lipinski definition) is 3. The Morgan fingerprint density at radius 2 is 2.00 bits per heavy atom. The highest BCUT2D eigenvalue weighted by molar-refractivity contribution is 4.88. The molecule has 1 aliphatic heterocycles. The smallest absolute Gasteiger partial charge is 0.0557 e. The van der Waals surface area contributed by atoms with Crippen LogP contribution in [0.5, 0.6) is 0 Å². The van der Waals surface area contributed by atoms with Crippen LogP contribution in [0.25, 0.3) is 0 Å². The third-order valence-electron chi connectivity index (χ3n) is 4.71. The zero-order chi connectivity index (χ0) is 12.3. The van der Waals surface area contributed by atoms with Gasteiger partial charge in [-0.1, -0.05) is 6.92 Å². The standard InChI is InChI=1S/C14H27NO2/c1-12-3-5-13(6-4-12)15(2)9-14(10-16)7-8-17-11-14/h12-13,16H,3-11H2,1-2H3. The summed E-state index contributed by atoms with van der Waals surface area (Å²) in [7, 11) is 2.22. The molecule has 0 bridgehead atoms. The molecule has 0 spiro atoms. The highest BCUT2D eigenvalue weighted by Gasteiger charge is 2.37. The summed E-state index contributed by atoms with van der Waals surface area (Å²) in [5.74, 6) is 0.904. The summed E-state index contributed by atoms with van der Waals surface area (Å²) in [4.78, 5) is 2.47. The average Bonchev–Trinajstić information content (AvgIpc) is 2.79. The monoisotopic (exact) mass is 241 g/mol. The van der Waals surface area contributed by atoms with Crippen molar-refractivity contribution >= 4 is 0 Å². The molecule has 2 rings (SSSR count). The van der Waals surface area contributed by atoms with Gasteiger partial charge in [0.2, 0.25) is 0 Å². The third kappa shape index (κ3) is 3.21. The van der Waals surface area contributed by atoms with Crippen LogP contribution in [0.4, 0.5) is 0 Å². The van der Waals surface area contributed by atoms with Gasteiger partial charge in [0.15, 0.2) is 0 Å². The maximum atomic E-state index is 9.60. The lowest BCUT2D eigenvalue weighted by Crippen LogP contribution is -2.44. The lowest BCUT2D eigenvalue weighted by molar-refractivity contribution is 0.0426. The third-order valence-corrected chi connectivity index (χ3v) is 4.71.